The number of hydrogen-bond donors (Lipinski definition) is 2. The molecule has 0 radical (unpaired) electrons. The van der Waals surface area contributed by atoms with E-state index in [1.807, 2.05) is 18.2 Å². The first-order chi connectivity index (χ1) is 12.1. The lowest BCUT2D eigenvalue weighted by Gasteiger charge is -2.11. The van der Waals surface area contributed by atoms with Crippen LogP contribution in [0.5, 0.6) is 11.5 Å². The van der Waals surface area contributed by atoms with Crippen LogP contribution in [-0.2, 0) is 6.54 Å². The minimum absolute atomic E-state index is 0.264. The number of carbonyl (C=O) groups excluding carboxylic acids is 1. The first-order valence-corrected chi connectivity index (χ1v) is 7.77. The van der Waals surface area contributed by atoms with Crippen LogP contribution in [0.1, 0.15) is 21.9 Å². The number of aromatic nitrogens is 2. The van der Waals surface area contributed by atoms with Crippen molar-refractivity contribution in [1.82, 2.24) is 15.3 Å². The van der Waals surface area contributed by atoms with E-state index in [0.717, 1.165) is 5.56 Å². The maximum Gasteiger partial charge on any atom is 0.270 e. The number of hydrogen-bond acceptors (Lipinski definition) is 6. The van der Waals surface area contributed by atoms with Crippen molar-refractivity contribution in [2.24, 2.45) is 0 Å². The Kier molecular flexibility index (Phi) is 6.33. The van der Waals surface area contributed by atoms with E-state index in [9.17, 15) is 4.79 Å². The Morgan fingerprint density at radius 3 is 2.64 bits per heavy atom. The van der Waals surface area contributed by atoms with Crippen molar-refractivity contribution >= 4 is 11.7 Å². The van der Waals surface area contributed by atoms with Gasteiger partial charge in [0.15, 0.2) is 11.5 Å². The molecule has 1 heterocycles. The van der Waals surface area contributed by atoms with Crippen molar-refractivity contribution < 1.29 is 14.3 Å². The fourth-order valence-corrected chi connectivity index (χ4v) is 2.21. The second-order valence-corrected chi connectivity index (χ2v) is 5.23. The van der Waals surface area contributed by atoms with Gasteiger partial charge in [0.1, 0.15) is 17.3 Å². The molecule has 2 N–H and O–H groups in total. The smallest absolute Gasteiger partial charge is 0.270 e. The van der Waals surface area contributed by atoms with Gasteiger partial charge in [0, 0.05) is 19.2 Å². The van der Waals surface area contributed by atoms with E-state index in [-0.39, 0.29) is 5.91 Å². The summed E-state index contributed by atoms with van der Waals surface area (Å²) in [6.07, 6.45) is 1.61. The summed E-state index contributed by atoms with van der Waals surface area (Å²) in [5.41, 5.74) is 1.30. The van der Waals surface area contributed by atoms with E-state index in [1.54, 1.807) is 33.3 Å². The average Bonchev–Trinajstić information content (AvgIpc) is 2.63. The quantitative estimate of drug-likeness (QED) is 0.716. The second-order valence-electron chi connectivity index (χ2n) is 5.23. The van der Waals surface area contributed by atoms with Gasteiger partial charge in [-0.3, -0.25) is 4.79 Å². The maximum atomic E-state index is 12.0. The Morgan fingerprint density at radius 1 is 1.20 bits per heavy atom. The van der Waals surface area contributed by atoms with Gasteiger partial charge in [-0.1, -0.05) is 12.1 Å². The molecule has 0 bridgehead atoms. The number of aryl methyl sites for hydroxylation is 1. The number of rotatable bonds is 8. The highest BCUT2D eigenvalue weighted by molar-refractivity contribution is 5.93. The molecule has 7 heteroatoms. The lowest BCUT2D eigenvalue weighted by atomic mass is 10.2. The third-order valence-corrected chi connectivity index (χ3v) is 3.40. The van der Waals surface area contributed by atoms with Gasteiger partial charge in [-0.25, -0.2) is 9.97 Å². The molecule has 132 valence electrons. The van der Waals surface area contributed by atoms with Gasteiger partial charge in [-0.15, -0.1) is 6.58 Å². The fraction of sp³-hybridized carbons (Fsp3) is 0.278. The van der Waals surface area contributed by atoms with Gasteiger partial charge in [-0.05, 0) is 24.6 Å². The average molecular weight is 342 g/mol. The van der Waals surface area contributed by atoms with Gasteiger partial charge in [0.25, 0.3) is 5.91 Å². The SMILES string of the molecule is C=CCNC(=O)c1cc(NCc2ccc(OC)c(OC)c2)nc(C)n1. The molecule has 0 aliphatic carbocycles. The molecule has 0 aliphatic rings. The third kappa shape index (κ3) is 4.94. The molecule has 2 aromatic rings. The minimum atomic E-state index is -0.264. The largest absolute Gasteiger partial charge is 0.493 e. The summed E-state index contributed by atoms with van der Waals surface area (Å²) in [7, 11) is 3.19. The molecular weight excluding hydrogens is 320 g/mol. The Morgan fingerprint density at radius 2 is 1.96 bits per heavy atom. The number of nitrogens with zero attached hydrogens (tertiary/aromatic N) is 2. The zero-order valence-corrected chi connectivity index (χ0v) is 14.6. The summed E-state index contributed by atoms with van der Waals surface area (Å²) >= 11 is 0. The summed E-state index contributed by atoms with van der Waals surface area (Å²) in [5.74, 6) is 2.15. The Balaban J connectivity index is 2.11. The number of nitrogens with one attached hydrogen (secondary N) is 2. The molecule has 0 unspecified atom stereocenters. The Bertz CT molecular complexity index is 762. The highest BCUT2D eigenvalue weighted by Crippen LogP contribution is 2.27. The molecule has 1 aromatic carbocycles. The van der Waals surface area contributed by atoms with Crippen molar-refractivity contribution in [3.05, 3.63) is 54.0 Å². The van der Waals surface area contributed by atoms with Gasteiger partial charge in [0.05, 0.1) is 14.2 Å². The number of methoxy groups -OCH3 is 2. The Hall–Kier alpha value is -3.09. The molecule has 1 amide bonds. The van der Waals surface area contributed by atoms with Crippen LogP contribution in [0.3, 0.4) is 0 Å². The van der Waals surface area contributed by atoms with Crippen LogP contribution in [0.25, 0.3) is 0 Å². The summed E-state index contributed by atoms with van der Waals surface area (Å²) in [4.78, 5) is 20.5. The maximum absolute atomic E-state index is 12.0. The first kappa shape index (κ1) is 18.3. The second kappa shape index (κ2) is 8.68. The van der Waals surface area contributed by atoms with Crippen LogP contribution in [0.4, 0.5) is 5.82 Å². The number of amides is 1. The number of carbonyl (C=O) groups is 1. The lowest BCUT2D eigenvalue weighted by molar-refractivity contribution is 0.0952. The molecule has 1 aromatic heterocycles. The predicted molar refractivity (Wildman–Crippen MR) is 96.2 cm³/mol. The van der Waals surface area contributed by atoms with E-state index in [2.05, 4.69) is 27.2 Å². The molecule has 0 spiro atoms. The van der Waals surface area contributed by atoms with Crippen molar-refractivity contribution in [2.75, 3.05) is 26.1 Å². The van der Waals surface area contributed by atoms with Crippen LogP contribution >= 0.6 is 0 Å². The van der Waals surface area contributed by atoms with Gasteiger partial charge >= 0.3 is 0 Å². The standard InChI is InChI=1S/C18H22N4O3/c1-5-8-19-18(23)14-10-17(22-12(2)21-14)20-11-13-6-7-15(24-3)16(9-13)25-4/h5-7,9-10H,1,8,11H2,2-4H3,(H,19,23)(H,20,21,22). The van der Waals surface area contributed by atoms with E-state index in [1.165, 1.54) is 0 Å². The first-order valence-electron chi connectivity index (χ1n) is 7.77. The number of anilines is 1. The number of ether oxygens (including phenoxy) is 2. The fourth-order valence-electron chi connectivity index (χ4n) is 2.21. The number of benzene rings is 1. The molecule has 2 rings (SSSR count). The molecule has 0 saturated heterocycles. The Labute approximate surface area is 147 Å². The van der Waals surface area contributed by atoms with Crippen molar-refractivity contribution in [2.45, 2.75) is 13.5 Å². The van der Waals surface area contributed by atoms with Crippen molar-refractivity contribution in [3.63, 3.8) is 0 Å². The molecule has 0 saturated carbocycles. The van der Waals surface area contributed by atoms with E-state index in [4.69, 9.17) is 9.47 Å². The zero-order chi connectivity index (χ0) is 18.2. The van der Waals surface area contributed by atoms with E-state index >= 15 is 0 Å². The normalized spacial score (nSPS) is 10.0. The molecule has 25 heavy (non-hydrogen) atoms. The van der Waals surface area contributed by atoms with Crippen LogP contribution < -0.4 is 20.1 Å². The van der Waals surface area contributed by atoms with Crippen molar-refractivity contribution in [1.29, 1.82) is 0 Å². The molecule has 0 atom stereocenters. The predicted octanol–water partition coefficient (Wildman–Crippen LogP) is 2.33. The van der Waals surface area contributed by atoms with E-state index in [0.29, 0.717) is 41.9 Å². The summed E-state index contributed by atoms with van der Waals surface area (Å²) < 4.78 is 10.5. The highest BCUT2D eigenvalue weighted by Gasteiger charge is 2.10. The highest BCUT2D eigenvalue weighted by atomic mass is 16.5. The zero-order valence-electron chi connectivity index (χ0n) is 14.6. The van der Waals surface area contributed by atoms with Gasteiger partial charge in [0.2, 0.25) is 0 Å². The summed E-state index contributed by atoms with van der Waals surface area (Å²) in [6.45, 7) is 6.22. The topological polar surface area (TPSA) is 85.4 Å². The minimum Gasteiger partial charge on any atom is -0.493 e. The molecule has 0 aliphatic heterocycles. The van der Waals surface area contributed by atoms with Gasteiger partial charge < -0.3 is 20.1 Å². The monoisotopic (exact) mass is 342 g/mol. The van der Waals surface area contributed by atoms with E-state index < -0.39 is 0 Å². The third-order valence-electron chi connectivity index (χ3n) is 3.40. The van der Waals surface area contributed by atoms with Crippen molar-refractivity contribution in [3.8, 4) is 11.5 Å². The van der Waals surface area contributed by atoms with Crippen LogP contribution in [-0.4, -0.2) is 36.6 Å². The van der Waals surface area contributed by atoms with Crippen LogP contribution in [0.2, 0.25) is 0 Å². The lowest BCUT2D eigenvalue weighted by Crippen LogP contribution is -2.24. The summed E-state index contributed by atoms with van der Waals surface area (Å²) in [6, 6.07) is 7.28. The molecular formula is C18H22N4O3. The molecule has 0 fully saturated rings. The molecule has 7 nitrogen and oxygen atoms in total. The van der Waals surface area contributed by atoms with Crippen LogP contribution in [0, 0.1) is 6.92 Å². The summed E-state index contributed by atoms with van der Waals surface area (Å²) in [5, 5.41) is 5.89. The van der Waals surface area contributed by atoms with Gasteiger partial charge in [-0.2, -0.15) is 0 Å². The van der Waals surface area contributed by atoms with Crippen LogP contribution in [0.15, 0.2) is 36.9 Å².